The van der Waals surface area contributed by atoms with Crippen molar-refractivity contribution in [2.75, 3.05) is 0 Å². The number of benzene rings is 1. The first kappa shape index (κ1) is 14.7. The Balaban J connectivity index is 2.02. The molecule has 1 atom stereocenters. The fourth-order valence-electron chi connectivity index (χ4n) is 2.90. The van der Waals surface area contributed by atoms with E-state index in [1.54, 1.807) is 30.6 Å². The molecule has 0 unspecified atom stereocenters. The van der Waals surface area contributed by atoms with E-state index in [-0.39, 0.29) is 0 Å². The molecule has 1 fully saturated rings. The normalized spacial score (nSPS) is 26.2. The molecule has 110 valence electrons. The van der Waals surface area contributed by atoms with Crippen LogP contribution in [0.4, 0.5) is 0 Å². The van der Waals surface area contributed by atoms with Gasteiger partial charge < -0.3 is 10.2 Å². The van der Waals surface area contributed by atoms with Crippen molar-refractivity contribution in [3.8, 4) is 0 Å². The fourth-order valence-corrected chi connectivity index (χ4v) is 3.20. The Morgan fingerprint density at radius 1 is 1.14 bits per heavy atom. The zero-order valence-electron chi connectivity index (χ0n) is 11.1. The number of nitrogens with zero attached hydrogens (tertiary/aromatic N) is 2. The summed E-state index contributed by atoms with van der Waals surface area (Å²) in [5, 5.41) is 21.3. The number of hydrogen-bond acceptors (Lipinski definition) is 4. The van der Waals surface area contributed by atoms with Crippen LogP contribution >= 0.6 is 23.2 Å². The van der Waals surface area contributed by atoms with Crippen LogP contribution in [-0.4, -0.2) is 26.3 Å². The highest BCUT2D eigenvalue weighted by Crippen LogP contribution is 2.52. The summed E-state index contributed by atoms with van der Waals surface area (Å²) in [6.45, 7) is 0. The smallest absolute Gasteiger partial charge is 0.157 e. The lowest BCUT2D eigenvalue weighted by Gasteiger charge is -2.48. The molecule has 0 amide bonds. The van der Waals surface area contributed by atoms with Crippen LogP contribution in [0.1, 0.15) is 30.3 Å². The van der Waals surface area contributed by atoms with Crippen LogP contribution in [0, 0.1) is 0 Å². The van der Waals surface area contributed by atoms with Crippen molar-refractivity contribution < 1.29 is 10.2 Å². The second-order valence-corrected chi connectivity index (χ2v) is 6.17. The molecule has 4 nitrogen and oxygen atoms in total. The molecular weight excluding hydrogens is 311 g/mol. The van der Waals surface area contributed by atoms with Crippen LogP contribution in [-0.2, 0) is 5.41 Å². The van der Waals surface area contributed by atoms with Crippen molar-refractivity contribution in [1.29, 1.82) is 0 Å². The molecule has 0 spiro atoms. The maximum Gasteiger partial charge on any atom is 0.157 e. The lowest BCUT2D eigenvalue weighted by Crippen LogP contribution is -2.49. The Bertz CT molecular complexity index is 645. The third-order valence-corrected chi connectivity index (χ3v) is 4.79. The Labute approximate surface area is 132 Å². The van der Waals surface area contributed by atoms with Gasteiger partial charge in [0.2, 0.25) is 0 Å². The summed E-state index contributed by atoms with van der Waals surface area (Å²) in [5.41, 5.74) is 0.205. The van der Waals surface area contributed by atoms with Gasteiger partial charge in [0, 0.05) is 17.8 Å². The predicted octanol–water partition coefficient (Wildman–Crippen LogP) is 2.91. The topological polar surface area (TPSA) is 66.2 Å². The molecule has 0 saturated heterocycles. The molecule has 1 heterocycles. The third-order valence-electron chi connectivity index (χ3n) is 4.05. The number of aliphatic hydroxyl groups is 2. The Morgan fingerprint density at radius 3 is 2.38 bits per heavy atom. The largest absolute Gasteiger partial charge is 0.393 e. The molecule has 3 rings (SSSR count). The van der Waals surface area contributed by atoms with Crippen molar-refractivity contribution in [2.24, 2.45) is 0 Å². The number of aromatic nitrogens is 2. The number of aliphatic hydroxyl groups excluding tert-OH is 2. The van der Waals surface area contributed by atoms with Gasteiger partial charge in [-0.3, -0.25) is 0 Å². The van der Waals surface area contributed by atoms with E-state index in [1.807, 2.05) is 6.07 Å². The highest BCUT2D eigenvalue weighted by atomic mass is 35.5. The summed E-state index contributed by atoms with van der Waals surface area (Å²) in [4.78, 5) is 8.23. The Morgan fingerprint density at radius 2 is 1.81 bits per heavy atom. The minimum absolute atomic E-state index is 0.343. The number of rotatable bonds is 3. The van der Waals surface area contributed by atoms with Gasteiger partial charge in [-0.15, -0.1) is 0 Å². The van der Waals surface area contributed by atoms with Gasteiger partial charge in [-0.1, -0.05) is 29.3 Å². The summed E-state index contributed by atoms with van der Waals surface area (Å²) in [7, 11) is 0. The summed E-state index contributed by atoms with van der Waals surface area (Å²) < 4.78 is 0. The van der Waals surface area contributed by atoms with Gasteiger partial charge in [0.25, 0.3) is 0 Å². The van der Waals surface area contributed by atoms with E-state index in [9.17, 15) is 10.2 Å². The SMILES string of the molecule is O[C@@H](c1ncccn1)[C@]1(c2ccc(Cl)c(Cl)c2)C[C@@H](O)C1. The van der Waals surface area contributed by atoms with Crippen molar-refractivity contribution >= 4 is 23.2 Å². The first-order chi connectivity index (χ1) is 10.0. The minimum atomic E-state index is -0.903. The van der Waals surface area contributed by atoms with Crippen LogP contribution in [0.25, 0.3) is 0 Å². The van der Waals surface area contributed by atoms with E-state index in [0.29, 0.717) is 28.7 Å². The summed E-state index contributed by atoms with van der Waals surface area (Å²) in [6, 6.07) is 6.95. The highest BCUT2D eigenvalue weighted by Gasteiger charge is 2.51. The molecule has 2 N–H and O–H groups in total. The van der Waals surface area contributed by atoms with Crippen LogP contribution in [0.2, 0.25) is 10.0 Å². The lowest BCUT2D eigenvalue weighted by molar-refractivity contribution is -0.0607. The minimum Gasteiger partial charge on any atom is -0.393 e. The van der Waals surface area contributed by atoms with Gasteiger partial charge in [-0.25, -0.2) is 9.97 Å². The molecule has 1 aromatic carbocycles. The maximum atomic E-state index is 10.7. The fraction of sp³-hybridized carbons (Fsp3) is 0.333. The zero-order valence-corrected chi connectivity index (χ0v) is 12.6. The molecule has 1 aliphatic rings. The zero-order chi connectivity index (χ0) is 15.0. The molecule has 1 aromatic heterocycles. The van der Waals surface area contributed by atoms with Crippen LogP contribution in [0.15, 0.2) is 36.7 Å². The van der Waals surface area contributed by atoms with Gasteiger partial charge in [0.15, 0.2) is 5.82 Å². The molecule has 0 radical (unpaired) electrons. The first-order valence-electron chi connectivity index (χ1n) is 6.61. The number of hydrogen-bond donors (Lipinski definition) is 2. The van der Waals surface area contributed by atoms with E-state index < -0.39 is 17.6 Å². The molecule has 0 aliphatic heterocycles. The summed E-state index contributed by atoms with van der Waals surface area (Å²) >= 11 is 12.0. The molecule has 21 heavy (non-hydrogen) atoms. The third kappa shape index (κ3) is 2.53. The van der Waals surface area contributed by atoms with Gasteiger partial charge in [-0.05, 0) is 36.6 Å². The number of halogens is 2. The molecular formula is C15H14Cl2N2O2. The first-order valence-corrected chi connectivity index (χ1v) is 7.37. The van der Waals surface area contributed by atoms with E-state index in [1.165, 1.54) is 0 Å². The Kier molecular flexibility index (Phi) is 3.88. The van der Waals surface area contributed by atoms with Crippen LogP contribution in [0.3, 0.4) is 0 Å². The van der Waals surface area contributed by atoms with Gasteiger partial charge in [0.05, 0.1) is 16.1 Å². The van der Waals surface area contributed by atoms with Gasteiger partial charge >= 0.3 is 0 Å². The van der Waals surface area contributed by atoms with E-state index in [0.717, 1.165) is 5.56 Å². The van der Waals surface area contributed by atoms with E-state index in [4.69, 9.17) is 23.2 Å². The van der Waals surface area contributed by atoms with E-state index in [2.05, 4.69) is 9.97 Å². The van der Waals surface area contributed by atoms with Crippen molar-refractivity contribution in [3.63, 3.8) is 0 Å². The summed E-state index contributed by atoms with van der Waals surface area (Å²) in [6.07, 6.45) is 2.69. The summed E-state index contributed by atoms with van der Waals surface area (Å²) in [5.74, 6) is 0.343. The van der Waals surface area contributed by atoms with Crippen LogP contribution < -0.4 is 0 Å². The maximum absolute atomic E-state index is 10.7. The highest BCUT2D eigenvalue weighted by molar-refractivity contribution is 6.42. The van der Waals surface area contributed by atoms with Crippen molar-refractivity contribution in [2.45, 2.75) is 30.5 Å². The average Bonchev–Trinajstić information content (AvgIpc) is 2.47. The Hall–Kier alpha value is -1.20. The molecule has 1 saturated carbocycles. The van der Waals surface area contributed by atoms with E-state index >= 15 is 0 Å². The second kappa shape index (κ2) is 5.54. The van der Waals surface area contributed by atoms with Crippen molar-refractivity contribution in [1.82, 2.24) is 9.97 Å². The lowest BCUT2D eigenvalue weighted by atomic mass is 9.59. The molecule has 0 bridgehead atoms. The molecule has 6 heteroatoms. The second-order valence-electron chi connectivity index (χ2n) is 5.36. The van der Waals surface area contributed by atoms with Crippen LogP contribution in [0.5, 0.6) is 0 Å². The average molecular weight is 325 g/mol. The molecule has 1 aliphatic carbocycles. The standard InChI is InChI=1S/C15H14Cl2N2O2/c16-11-3-2-9(6-12(11)17)15(7-10(20)8-15)13(21)14-18-4-1-5-19-14/h1-6,10,13,20-21H,7-8H2/t10-,13-,15-/m0/s1. The van der Waals surface area contributed by atoms with Gasteiger partial charge in [-0.2, -0.15) is 0 Å². The predicted molar refractivity (Wildman–Crippen MR) is 80.4 cm³/mol. The monoisotopic (exact) mass is 324 g/mol. The molecule has 2 aromatic rings. The van der Waals surface area contributed by atoms with Gasteiger partial charge in [0.1, 0.15) is 6.10 Å². The quantitative estimate of drug-likeness (QED) is 0.911. The van der Waals surface area contributed by atoms with Crippen molar-refractivity contribution in [3.05, 3.63) is 58.1 Å².